The molecule has 1 aliphatic rings. The van der Waals surface area contributed by atoms with Crippen molar-refractivity contribution in [3.8, 4) is 5.75 Å². The summed E-state index contributed by atoms with van der Waals surface area (Å²) in [6.45, 7) is 1.90. The average molecular weight is 325 g/mol. The van der Waals surface area contributed by atoms with E-state index in [1.54, 1.807) is 0 Å². The molecule has 1 aliphatic heterocycles. The summed E-state index contributed by atoms with van der Waals surface area (Å²) in [6.07, 6.45) is -0.297. The van der Waals surface area contributed by atoms with Crippen molar-refractivity contribution < 1.29 is 19.4 Å². The first-order valence-corrected chi connectivity index (χ1v) is 7.87. The smallest absolute Gasteiger partial charge is 0.305 e. The number of aryl methyl sites for hydroxylation is 1. The minimum Gasteiger partial charge on any atom is -0.481 e. The lowest BCUT2D eigenvalue weighted by Crippen LogP contribution is -2.40. The second-order valence-corrected chi connectivity index (χ2v) is 5.93. The lowest BCUT2D eigenvalue weighted by atomic mass is 9.98. The second kappa shape index (κ2) is 6.74. The van der Waals surface area contributed by atoms with E-state index < -0.39 is 18.1 Å². The van der Waals surface area contributed by atoms with E-state index in [9.17, 15) is 14.7 Å². The molecular formula is C19H19NO4. The third kappa shape index (κ3) is 3.40. The van der Waals surface area contributed by atoms with Gasteiger partial charge in [0.05, 0.1) is 12.5 Å². The van der Waals surface area contributed by atoms with Crippen LogP contribution < -0.4 is 10.1 Å². The minimum atomic E-state index is -0.959. The van der Waals surface area contributed by atoms with Crippen LogP contribution in [0.2, 0.25) is 0 Å². The molecule has 1 amide bonds. The van der Waals surface area contributed by atoms with Crippen LogP contribution in [0.25, 0.3) is 0 Å². The van der Waals surface area contributed by atoms with Crippen LogP contribution in [-0.4, -0.2) is 23.1 Å². The SMILES string of the molecule is Cc1ccccc1C(CC(=O)O)NC(=O)C1Cc2ccccc2O1. The van der Waals surface area contributed by atoms with Crippen molar-refractivity contribution in [1.82, 2.24) is 5.32 Å². The van der Waals surface area contributed by atoms with Gasteiger partial charge < -0.3 is 15.2 Å². The van der Waals surface area contributed by atoms with Gasteiger partial charge in [-0.15, -0.1) is 0 Å². The van der Waals surface area contributed by atoms with Gasteiger partial charge in [-0.25, -0.2) is 0 Å². The number of amides is 1. The normalized spacial score (nSPS) is 16.8. The molecule has 0 aliphatic carbocycles. The highest BCUT2D eigenvalue weighted by atomic mass is 16.5. The van der Waals surface area contributed by atoms with E-state index in [4.69, 9.17) is 4.74 Å². The fraction of sp³-hybridized carbons (Fsp3) is 0.263. The molecule has 0 fully saturated rings. The molecule has 5 heteroatoms. The number of carboxylic acids is 1. The summed E-state index contributed by atoms with van der Waals surface area (Å²) < 4.78 is 5.68. The van der Waals surface area contributed by atoms with Crippen LogP contribution in [0, 0.1) is 6.92 Å². The largest absolute Gasteiger partial charge is 0.481 e. The molecule has 2 aromatic rings. The molecule has 0 saturated carbocycles. The van der Waals surface area contributed by atoms with Gasteiger partial charge in [0.15, 0.2) is 6.10 Å². The number of aliphatic carboxylic acids is 1. The number of nitrogens with one attached hydrogen (secondary N) is 1. The van der Waals surface area contributed by atoms with Gasteiger partial charge in [0.25, 0.3) is 5.91 Å². The Morgan fingerprint density at radius 2 is 1.92 bits per heavy atom. The van der Waals surface area contributed by atoms with Gasteiger partial charge in [0, 0.05) is 6.42 Å². The number of fused-ring (bicyclic) bond motifs is 1. The molecule has 24 heavy (non-hydrogen) atoms. The maximum Gasteiger partial charge on any atom is 0.305 e. The maximum absolute atomic E-state index is 12.6. The maximum atomic E-state index is 12.6. The lowest BCUT2D eigenvalue weighted by Gasteiger charge is -2.21. The Labute approximate surface area is 140 Å². The molecule has 0 spiro atoms. The molecule has 124 valence electrons. The van der Waals surface area contributed by atoms with E-state index >= 15 is 0 Å². The molecule has 1 heterocycles. The third-order valence-corrected chi connectivity index (χ3v) is 4.20. The fourth-order valence-electron chi connectivity index (χ4n) is 2.98. The standard InChI is InChI=1S/C19H19NO4/c1-12-6-2-4-8-14(12)15(11-18(21)22)20-19(23)17-10-13-7-3-5-9-16(13)24-17/h2-9,15,17H,10-11H2,1H3,(H,20,23)(H,21,22). The molecule has 0 saturated heterocycles. The van der Waals surface area contributed by atoms with E-state index in [0.717, 1.165) is 16.7 Å². The van der Waals surface area contributed by atoms with Crippen LogP contribution in [0.15, 0.2) is 48.5 Å². The van der Waals surface area contributed by atoms with Crippen molar-refractivity contribution in [2.45, 2.75) is 31.9 Å². The predicted molar refractivity (Wildman–Crippen MR) is 88.9 cm³/mol. The number of hydrogen-bond donors (Lipinski definition) is 2. The Morgan fingerprint density at radius 1 is 1.21 bits per heavy atom. The van der Waals surface area contributed by atoms with Gasteiger partial charge >= 0.3 is 5.97 Å². The van der Waals surface area contributed by atoms with Gasteiger partial charge in [-0.3, -0.25) is 9.59 Å². The van der Waals surface area contributed by atoms with Crippen LogP contribution >= 0.6 is 0 Å². The van der Waals surface area contributed by atoms with E-state index in [-0.39, 0.29) is 12.3 Å². The monoisotopic (exact) mass is 325 g/mol. The number of hydrogen-bond acceptors (Lipinski definition) is 3. The van der Waals surface area contributed by atoms with Crippen molar-refractivity contribution >= 4 is 11.9 Å². The second-order valence-electron chi connectivity index (χ2n) is 5.93. The number of rotatable bonds is 5. The number of carbonyl (C=O) groups excluding carboxylic acids is 1. The Kier molecular flexibility index (Phi) is 4.51. The molecule has 0 radical (unpaired) electrons. The number of para-hydroxylation sites is 1. The Morgan fingerprint density at radius 3 is 2.62 bits per heavy atom. The molecule has 2 atom stereocenters. The zero-order chi connectivity index (χ0) is 17.1. The number of carboxylic acid groups (broad SMARTS) is 1. The minimum absolute atomic E-state index is 0.170. The van der Waals surface area contributed by atoms with Crippen LogP contribution in [0.3, 0.4) is 0 Å². The third-order valence-electron chi connectivity index (χ3n) is 4.20. The van der Waals surface area contributed by atoms with Crippen LogP contribution in [0.1, 0.15) is 29.2 Å². The lowest BCUT2D eigenvalue weighted by molar-refractivity contribution is -0.138. The number of ether oxygens (including phenoxy) is 1. The summed E-state index contributed by atoms with van der Waals surface area (Å²) in [4.78, 5) is 23.8. The van der Waals surface area contributed by atoms with Gasteiger partial charge in [0.2, 0.25) is 0 Å². The first kappa shape index (κ1) is 16.1. The van der Waals surface area contributed by atoms with Gasteiger partial charge in [0.1, 0.15) is 5.75 Å². The van der Waals surface area contributed by atoms with Crippen molar-refractivity contribution in [2.24, 2.45) is 0 Å². The highest BCUT2D eigenvalue weighted by Gasteiger charge is 2.31. The average Bonchev–Trinajstić information content (AvgIpc) is 2.98. The molecule has 0 aromatic heterocycles. The van der Waals surface area contributed by atoms with Gasteiger partial charge in [-0.1, -0.05) is 42.5 Å². The molecule has 5 nitrogen and oxygen atoms in total. The summed E-state index contributed by atoms with van der Waals surface area (Å²) in [7, 11) is 0. The molecule has 2 N–H and O–H groups in total. The molecule has 2 unspecified atom stereocenters. The Hall–Kier alpha value is -2.82. The fourth-order valence-corrected chi connectivity index (χ4v) is 2.98. The highest BCUT2D eigenvalue weighted by Crippen LogP contribution is 2.29. The van der Waals surface area contributed by atoms with Crippen molar-refractivity contribution in [3.63, 3.8) is 0 Å². The number of carbonyl (C=O) groups is 2. The zero-order valence-electron chi connectivity index (χ0n) is 13.4. The quantitative estimate of drug-likeness (QED) is 0.886. The summed E-state index contributed by atoms with van der Waals surface area (Å²) >= 11 is 0. The van der Waals surface area contributed by atoms with Crippen molar-refractivity contribution in [1.29, 1.82) is 0 Å². The summed E-state index contributed by atoms with van der Waals surface area (Å²) in [5.74, 6) is -0.539. The molecular weight excluding hydrogens is 306 g/mol. The van der Waals surface area contributed by atoms with Crippen molar-refractivity contribution in [3.05, 3.63) is 65.2 Å². The van der Waals surface area contributed by atoms with E-state index in [2.05, 4.69) is 5.32 Å². The van der Waals surface area contributed by atoms with Crippen LogP contribution in [0.5, 0.6) is 5.75 Å². The van der Waals surface area contributed by atoms with Gasteiger partial charge in [-0.2, -0.15) is 0 Å². The van der Waals surface area contributed by atoms with Crippen molar-refractivity contribution in [2.75, 3.05) is 0 Å². The molecule has 0 bridgehead atoms. The van der Waals surface area contributed by atoms with E-state index in [1.165, 1.54) is 0 Å². The predicted octanol–water partition coefficient (Wildman–Crippen LogP) is 2.63. The number of benzene rings is 2. The topological polar surface area (TPSA) is 75.6 Å². The van der Waals surface area contributed by atoms with Gasteiger partial charge in [-0.05, 0) is 29.7 Å². The Balaban J connectivity index is 1.75. The Bertz CT molecular complexity index is 746. The summed E-state index contributed by atoms with van der Waals surface area (Å²) in [5.41, 5.74) is 2.74. The zero-order valence-corrected chi connectivity index (χ0v) is 13.4. The molecule has 3 rings (SSSR count). The molecule has 2 aromatic carbocycles. The first-order chi connectivity index (χ1) is 11.5. The van der Waals surface area contributed by atoms with Crippen LogP contribution in [-0.2, 0) is 16.0 Å². The summed E-state index contributed by atoms with van der Waals surface area (Å²) in [6, 6.07) is 14.4. The van der Waals surface area contributed by atoms with E-state index in [0.29, 0.717) is 12.2 Å². The summed E-state index contributed by atoms with van der Waals surface area (Å²) in [5, 5.41) is 12.0. The van der Waals surface area contributed by atoms with Crippen LogP contribution in [0.4, 0.5) is 0 Å². The van der Waals surface area contributed by atoms with E-state index in [1.807, 2.05) is 55.5 Å². The first-order valence-electron chi connectivity index (χ1n) is 7.87. The highest BCUT2D eigenvalue weighted by molar-refractivity contribution is 5.83.